The Morgan fingerprint density at radius 1 is 1.06 bits per heavy atom. The fraction of sp³-hybridized carbons (Fsp3) is 1.00. The standard InChI is InChI=1S/C15H30N2/c1-13-5-4-6-14(8-7-13)17-12-15(11-16)9-2-3-10-15/h13-14,17H,2-12,16H2,1H3. The minimum Gasteiger partial charge on any atom is -0.330 e. The fourth-order valence-electron chi connectivity index (χ4n) is 3.63. The lowest BCUT2D eigenvalue weighted by molar-refractivity contribution is 0.268. The normalized spacial score (nSPS) is 33.5. The van der Waals surface area contributed by atoms with Crippen molar-refractivity contribution < 1.29 is 0 Å². The molecule has 0 aliphatic heterocycles. The minimum atomic E-state index is 0.442. The number of hydrogen-bond donors (Lipinski definition) is 2. The summed E-state index contributed by atoms with van der Waals surface area (Å²) in [7, 11) is 0. The molecule has 2 rings (SSSR count). The molecule has 0 aromatic heterocycles. The van der Waals surface area contributed by atoms with Gasteiger partial charge in [-0.25, -0.2) is 0 Å². The molecule has 0 aromatic rings. The second-order valence-electron chi connectivity index (χ2n) is 6.60. The third-order valence-electron chi connectivity index (χ3n) is 5.12. The highest BCUT2D eigenvalue weighted by Crippen LogP contribution is 2.36. The predicted molar refractivity (Wildman–Crippen MR) is 74.0 cm³/mol. The topological polar surface area (TPSA) is 38.0 Å². The molecule has 0 saturated heterocycles. The van der Waals surface area contributed by atoms with Crippen molar-refractivity contribution in [1.82, 2.24) is 5.32 Å². The molecule has 2 nitrogen and oxygen atoms in total. The number of nitrogens with two attached hydrogens (primary N) is 1. The second kappa shape index (κ2) is 6.19. The summed E-state index contributed by atoms with van der Waals surface area (Å²) in [6, 6.07) is 0.768. The van der Waals surface area contributed by atoms with Gasteiger partial charge in [0.15, 0.2) is 0 Å². The van der Waals surface area contributed by atoms with Gasteiger partial charge in [-0.2, -0.15) is 0 Å². The highest BCUT2D eigenvalue weighted by Gasteiger charge is 2.32. The zero-order chi connectivity index (χ0) is 12.1. The summed E-state index contributed by atoms with van der Waals surface area (Å²) in [5.41, 5.74) is 6.44. The highest BCUT2D eigenvalue weighted by atomic mass is 14.9. The third-order valence-corrected chi connectivity index (χ3v) is 5.12. The Kier molecular flexibility index (Phi) is 4.87. The average Bonchev–Trinajstić information content (AvgIpc) is 2.72. The summed E-state index contributed by atoms with van der Waals surface area (Å²) in [5.74, 6) is 0.941. The van der Waals surface area contributed by atoms with Gasteiger partial charge in [0, 0.05) is 12.6 Å². The SMILES string of the molecule is CC1CCCC(NCC2(CN)CCCC2)CC1. The van der Waals surface area contributed by atoms with Crippen LogP contribution in [0.4, 0.5) is 0 Å². The molecule has 100 valence electrons. The van der Waals surface area contributed by atoms with Crippen molar-refractivity contribution in [1.29, 1.82) is 0 Å². The van der Waals surface area contributed by atoms with Gasteiger partial charge in [0.05, 0.1) is 0 Å². The van der Waals surface area contributed by atoms with E-state index in [1.807, 2.05) is 0 Å². The van der Waals surface area contributed by atoms with Crippen LogP contribution in [0, 0.1) is 11.3 Å². The molecule has 0 radical (unpaired) electrons. The van der Waals surface area contributed by atoms with Crippen LogP contribution >= 0.6 is 0 Å². The van der Waals surface area contributed by atoms with E-state index in [-0.39, 0.29) is 0 Å². The molecule has 17 heavy (non-hydrogen) atoms. The van der Waals surface area contributed by atoms with Gasteiger partial charge in [-0.3, -0.25) is 0 Å². The Labute approximate surface area is 107 Å². The first kappa shape index (κ1) is 13.4. The first-order valence-corrected chi connectivity index (χ1v) is 7.68. The smallest absolute Gasteiger partial charge is 0.00674 e. The van der Waals surface area contributed by atoms with Crippen molar-refractivity contribution in [3.8, 4) is 0 Å². The van der Waals surface area contributed by atoms with Gasteiger partial charge in [-0.05, 0) is 50.0 Å². The summed E-state index contributed by atoms with van der Waals surface area (Å²) in [6.45, 7) is 4.45. The molecule has 2 aliphatic rings. The predicted octanol–water partition coefficient (Wildman–Crippen LogP) is 3.06. The molecule has 0 heterocycles. The van der Waals surface area contributed by atoms with Gasteiger partial charge in [0.25, 0.3) is 0 Å². The van der Waals surface area contributed by atoms with E-state index < -0.39 is 0 Å². The van der Waals surface area contributed by atoms with E-state index in [4.69, 9.17) is 5.73 Å². The molecule has 0 spiro atoms. The van der Waals surface area contributed by atoms with Crippen molar-refractivity contribution in [3.63, 3.8) is 0 Å². The van der Waals surface area contributed by atoms with Crippen LogP contribution in [0.1, 0.15) is 64.7 Å². The minimum absolute atomic E-state index is 0.442. The van der Waals surface area contributed by atoms with Crippen LogP contribution in [0.3, 0.4) is 0 Å². The maximum absolute atomic E-state index is 6.00. The quantitative estimate of drug-likeness (QED) is 0.739. The van der Waals surface area contributed by atoms with E-state index in [1.54, 1.807) is 0 Å². The van der Waals surface area contributed by atoms with Crippen LogP contribution in [0.25, 0.3) is 0 Å². The van der Waals surface area contributed by atoms with Crippen LogP contribution in [-0.2, 0) is 0 Å². The summed E-state index contributed by atoms with van der Waals surface area (Å²) in [4.78, 5) is 0. The van der Waals surface area contributed by atoms with Gasteiger partial charge in [0.1, 0.15) is 0 Å². The zero-order valence-electron chi connectivity index (χ0n) is 11.5. The molecule has 2 aliphatic carbocycles. The summed E-state index contributed by atoms with van der Waals surface area (Å²) >= 11 is 0. The lowest BCUT2D eigenvalue weighted by Crippen LogP contribution is -2.42. The first-order chi connectivity index (χ1) is 8.24. The molecule has 2 saturated carbocycles. The number of nitrogens with one attached hydrogen (secondary N) is 1. The molecule has 2 heteroatoms. The number of hydrogen-bond acceptors (Lipinski definition) is 2. The summed E-state index contributed by atoms with van der Waals surface area (Å²) in [6.07, 6.45) is 12.5. The molecular formula is C15H30N2. The fourth-order valence-corrected chi connectivity index (χ4v) is 3.63. The van der Waals surface area contributed by atoms with Gasteiger partial charge < -0.3 is 11.1 Å². The average molecular weight is 238 g/mol. The second-order valence-corrected chi connectivity index (χ2v) is 6.60. The Bertz CT molecular complexity index is 221. The Morgan fingerprint density at radius 2 is 1.82 bits per heavy atom. The lowest BCUT2D eigenvalue weighted by atomic mass is 9.86. The van der Waals surface area contributed by atoms with E-state index in [0.29, 0.717) is 5.41 Å². The Hall–Kier alpha value is -0.0800. The molecule has 0 bridgehead atoms. The van der Waals surface area contributed by atoms with Gasteiger partial charge in [0.2, 0.25) is 0 Å². The Balaban J connectivity index is 1.76. The summed E-state index contributed by atoms with van der Waals surface area (Å²) < 4.78 is 0. The highest BCUT2D eigenvalue weighted by molar-refractivity contribution is 4.89. The van der Waals surface area contributed by atoms with Crippen LogP contribution in [0.15, 0.2) is 0 Å². The van der Waals surface area contributed by atoms with Gasteiger partial charge in [-0.15, -0.1) is 0 Å². The van der Waals surface area contributed by atoms with Crippen molar-refractivity contribution in [2.24, 2.45) is 17.1 Å². The molecule has 3 N–H and O–H groups in total. The van der Waals surface area contributed by atoms with E-state index >= 15 is 0 Å². The van der Waals surface area contributed by atoms with Crippen molar-refractivity contribution in [2.75, 3.05) is 13.1 Å². The van der Waals surface area contributed by atoms with Crippen molar-refractivity contribution in [2.45, 2.75) is 70.8 Å². The molecule has 0 aromatic carbocycles. The Morgan fingerprint density at radius 3 is 2.53 bits per heavy atom. The van der Waals surface area contributed by atoms with Crippen LogP contribution in [-0.4, -0.2) is 19.1 Å². The zero-order valence-corrected chi connectivity index (χ0v) is 11.5. The lowest BCUT2D eigenvalue weighted by Gasteiger charge is -2.30. The largest absolute Gasteiger partial charge is 0.330 e. The number of rotatable bonds is 4. The van der Waals surface area contributed by atoms with Crippen LogP contribution in [0.2, 0.25) is 0 Å². The molecule has 2 fully saturated rings. The molecule has 0 amide bonds. The van der Waals surface area contributed by atoms with Crippen molar-refractivity contribution in [3.05, 3.63) is 0 Å². The maximum atomic E-state index is 6.00. The van der Waals surface area contributed by atoms with E-state index in [0.717, 1.165) is 18.5 Å². The maximum Gasteiger partial charge on any atom is 0.00674 e. The molecular weight excluding hydrogens is 208 g/mol. The van der Waals surface area contributed by atoms with Crippen LogP contribution in [0.5, 0.6) is 0 Å². The van der Waals surface area contributed by atoms with E-state index in [2.05, 4.69) is 12.2 Å². The van der Waals surface area contributed by atoms with E-state index in [1.165, 1.54) is 64.3 Å². The summed E-state index contributed by atoms with van der Waals surface area (Å²) in [5, 5.41) is 3.84. The van der Waals surface area contributed by atoms with Gasteiger partial charge >= 0.3 is 0 Å². The first-order valence-electron chi connectivity index (χ1n) is 7.68. The monoisotopic (exact) mass is 238 g/mol. The third kappa shape index (κ3) is 3.69. The molecule has 2 atom stereocenters. The molecule has 2 unspecified atom stereocenters. The van der Waals surface area contributed by atoms with Gasteiger partial charge in [-0.1, -0.05) is 32.6 Å². The van der Waals surface area contributed by atoms with Crippen LogP contribution < -0.4 is 11.1 Å². The van der Waals surface area contributed by atoms with Crippen molar-refractivity contribution >= 4 is 0 Å². The van der Waals surface area contributed by atoms with E-state index in [9.17, 15) is 0 Å².